The number of hydrogen-bond acceptors (Lipinski definition) is 8. The van der Waals surface area contributed by atoms with Gasteiger partial charge < -0.3 is 16.4 Å². The summed E-state index contributed by atoms with van der Waals surface area (Å²) in [5, 5.41) is 7.91. The van der Waals surface area contributed by atoms with Crippen molar-refractivity contribution in [1.82, 2.24) is 20.3 Å². The van der Waals surface area contributed by atoms with Gasteiger partial charge in [-0.3, -0.25) is 4.79 Å². The Morgan fingerprint density at radius 2 is 2.00 bits per heavy atom. The smallest absolute Gasteiger partial charge is 0.232 e. The molecule has 2 aromatic heterocycles. The molecule has 4 N–H and O–H groups in total. The van der Waals surface area contributed by atoms with Gasteiger partial charge in [-0.25, -0.2) is 0 Å². The third-order valence-corrected chi connectivity index (χ3v) is 5.58. The van der Waals surface area contributed by atoms with Crippen molar-refractivity contribution in [1.29, 1.82) is 0 Å². The van der Waals surface area contributed by atoms with Crippen molar-refractivity contribution in [2.45, 2.75) is 18.7 Å². The fraction of sp³-hybridized carbons (Fsp3) is 0.222. The first-order valence-corrected chi connectivity index (χ1v) is 10.3. The minimum atomic E-state index is -0.0980. The number of amides is 1. The summed E-state index contributed by atoms with van der Waals surface area (Å²) < 4.78 is 0. The molecule has 140 valence electrons. The molecule has 0 saturated carbocycles. The largest absolute Gasteiger partial charge is 0.368 e. The van der Waals surface area contributed by atoms with Gasteiger partial charge in [0, 0.05) is 10.6 Å². The van der Waals surface area contributed by atoms with Crippen LogP contribution in [0.15, 0.2) is 47.8 Å². The first-order valence-electron chi connectivity index (χ1n) is 8.34. The van der Waals surface area contributed by atoms with Gasteiger partial charge in [-0.05, 0) is 30.5 Å². The molecule has 7 nitrogen and oxygen atoms in total. The molecule has 3 rings (SSSR count). The van der Waals surface area contributed by atoms with Crippen LogP contribution in [0.4, 0.5) is 17.6 Å². The minimum Gasteiger partial charge on any atom is -0.368 e. The van der Waals surface area contributed by atoms with Crippen LogP contribution in [0.5, 0.6) is 0 Å². The lowest BCUT2D eigenvalue weighted by Crippen LogP contribution is -2.24. The summed E-state index contributed by atoms with van der Waals surface area (Å²) in [6.07, 6.45) is 0. The number of anilines is 3. The lowest BCUT2D eigenvalue weighted by molar-refractivity contribution is -0.118. The Kier molecular flexibility index (Phi) is 6.61. The van der Waals surface area contributed by atoms with E-state index in [-0.39, 0.29) is 17.1 Å². The average Bonchev–Trinajstić information content (AvgIpc) is 3.18. The molecule has 2 heterocycles. The van der Waals surface area contributed by atoms with Crippen molar-refractivity contribution in [3.05, 3.63) is 58.5 Å². The summed E-state index contributed by atoms with van der Waals surface area (Å²) in [6, 6.07) is 13.6. The molecule has 0 aliphatic rings. The molecule has 0 aliphatic heterocycles. The summed E-state index contributed by atoms with van der Waals surface area (Å²) in [7, 11) is 0. The second kappa shape index (κ2) is 9.33. The number of nitrogens with one attached hydrogen (secondary N) is 2. The quantitative estimate of drug-likeness (QED) is 0.532. The van der Waals surface area contributed by atoms with Crippen molar-refractivity contribution in [2.24, 2.45) is 0 Å². The van der Waals surface area contributed by atoms with E-state index in [0.29, 0.717) is 24.1 Å². The van der Waals surface area contributed by atoms with Gasteiger partial charge in [0.1, 0.15) is 5.82 Å². The molecule has 1 atom stereocenters. The standard InChI is InChI=1S/C18H20N6OS2/c1-12(27-11-15(25)20-10-14-8-5-9-26-14)16-22-17(19)24-18(23-16)21-13-6-3-2-4-7-13/h2-9,12H,10-11H2,1H3,(H,20,25)(H3,19,21,22,23,24). The Hall–Kier alpha value is -2.65. The molecule has 9 heteroatoms. The highest BCUT2D eigenvalue weighted by atomic mass is 32.2. The number of para-hydroxylation sites is 1. The van der Waals surface area contributed by atoms with Crippen LogP contribution in [0.3, 0.4) is 0 Å². The van der Waals surface area contributed by atoms with Crippen LogP contribution in [-0.4, -0.2) is 26.6 Å². The predicted molar refractivity (Wildman–Crippen MR) is 111 cm³/mol. The molecule has 0 saturated heterocycles. The van der Waals surface area contributed by atoms with Crippen LogP contribution in [0.25, 0.3) is 0 Å². The molecular formula is C18H20N6OS2. The summed E-state index contributed by atoms with van der Waals surface area (Å²) in [5.74, 6) is 1.37. The van der Waals surface area contributed by atoms with Crippen LogP contribution in [0.2, 0.25) is 0 Å². The fourth-order valence-electron chi connectivity index (χ4n) is 2.22. The van der Waals surface area contributed by atoms with Crippen LogP contribution in [0, 0.1) is 0 Å². The molecular weight excluding hydrogens is 380 g/mol. The summed E-state index contributed by atoms with van der Waals surface area (Å²) >= 11 is 3.07. The van der Waals surface area contributed by atoms with Crippen molar-refractivity contribution < 1.29 is 4.79 Å². The molecule has 0 spiro atoms. The Balaban J connectivity index is 1.55. The molecule has 1 aromatic carbocycles. The maximum Gasteiger partial charge on any atom is 0.232 e. The van der Waals surface area contributed by atoms with Crippen molar-refractivity contribution in [2.75, 3.05) is 16.8 Å². The van der Waals surface area contributed by atoms with E-state index in [9.17, 15) is 4.79 Å². The molecule has 1 amide bonds. The predicted octanol–water partition coefficient (Wildman–Crippen LogP) is 3.37. The molecule has 3 aromatic rings. The number of hydrogen-bond donors (Lipinski definition) is 3. The number of rotatable bonds is 8. The Morgan fingerprint density at radius 3 is 2.74 bits per heavy atom. The third-order valence-electron chi connectivity index (χ3n) is 3.57. The highest BCUT2D eigenvalue weighted by Gasteiger charge is 2.15. The molecule has 0 bridgehead atoms. The van der Waals surface area contributed by atoms with E-state index in [2.05, 4.69) is 25.6 Å². The monoisotopic (exact) mass is 400 g/mol. The number of thiophene rings is 1. The first kappa shape index (κ1) is 19.1. The lowest BCUT2D eigenvalue weighted by Gasteiger charge is -2.12. The van der Waals surface area contributed by atoms with Crippen molar-refractivity contribution >= 4 is 46.6 Å². The number of carbonyl (C=O) groups is 1. The number of carbonyl (C=O) groups excluding carboxylic acids is 1. The Bertz CT molecular complexity index is 873. The highest BCUT2D eigenvalue weighted by molar-refractivity contribution is 8.00. The number of aromatic nitrogens is 3. The van der Waals surface area contributed by atoms with E-state index >= 15 is 0 Å². The lowest BCUT2D eigenvalue weighted by atomic mass is 10.3. The van der Waals surface area contributed by atoms with Gasteiger partial charge in [0.2, 0.25) is 17.8 Å². The zero-order valence-electron chi connectivity index (χ0n) is 14.8. The van der Waals surface area contributed by atoms with E-state index in [1.54, 1.807) is 11.3 Å². The number of thioether (sulfide) groups is 1. The second-order valence-corrected chi connectivity index (χ2v) is 8.04. The van der Waals surface area contributed by atoms with E-state index in [4.69, 9.17) is 5.73 Å². The zero-order valence-corrected chi connectivity index (χ0v) is 16.4. The molecule has 1 unspecified atom stereocenters. The Labute approximate surface area is 165 Å². The molecule has 0 fully saturated rings. The van der Waals surface area contributed by atoms with Gasteiger partial charge in [-0.1, -0.05) is 24.3 Å². The van der Waals surface area contributed by atoms with Crippen LogP contribution < -0.4 is 16.4 Å². The first-order chi connectivity index (χ1) is 13.1. The number of benzene rings is 1. The molecule has 0 aliphatic carbocycles. The van der Waals surface area contributed by atoms with Crippen LogP contribution >= 0.6 is 23.1 Å². The summed E-state index contributed by atoms with van der Waals surface area (Å²) in [5.41, 5.74) is 6.68. The van der Waals surface area contributed by atoms with Gasteiger partial charge in [-0.15, -0.1) is 23.1 Å². The van der Waals surface area contributed by atoms with Gasteiger partial charge in [0.15, 0.2) is 0 Å². The van der Waals surface area contributed by atoms with Gasteiger partial charge >= 0.3 is 0 Å². The van der Waals surface area contributed by atoms with Gasteiger partial charge in [0.25, 0.3) is 0 Å². The summed E-state index contributed by atoms with van der Waals surface area (Å²) in [4.78, 5) is 25.9. The number of nitrogen functional groups attached to an aromatic ring is 1. The van der Waals surface area contributed by atoms with E-state index < -0.39 is 0 Å². The van der Waals surface area contributed by atoms with Crippen molar-refractivity contribution in [3.8, 4) is 0 Å². The average molecular weight is 401 g/mol. The van der Waals surface area contributed by atoms with Gasteiger partial charge in [-0.2, -0.15) is 15.0 Å². The van der Waals surface area contributed by atoms with Gasteiger partial charge in [0.05, 0.1) is 17.5 Å². The Morgan fingerprint density at radius 1 is 1.19 bits per heavy atom. The topological polar surface area (TPSA) is 106 Å². The third kappa shape index (κ3) is 5.93. The number of nitrogens with two attached hydrogens (primary N) is 1. The minimum absolute atomic E-state index is 0.0232. The van der Waals surface area contributed by atoms with Crippen LogP contribution in [0.1, 0.15) is 22.9 Å². The highest BCUT2D eigenvalue weighted by Crippen LogP contribution is 2.26. The van der Waals surface area contributed by atoms with Crippen molar-refractivity contribution in [3.63, 3.8) is 0 Å². The van der Waals surface area contributed by atoms with E-state index in [1.807, 2.05) is 54.8 Å². The maximum atomic E-state index is 12.0. The fourth-order valence-corrected chi connectivity index (χ4v) is 3.63. The van der Waals surface area contributed by atoms with E-state index in [1.165, 1.54) is 11.8 Å². The summed E-state index contributed by atoms with van der Waals surface area (Å²) in [6.45, 7) is 2.49. The normalized spacial score (nSPS) is 11.7. The van der Waals surface area contributed by atoms with Crippen LogP contribution in [-0.2, 0) is 11.3 Å². The molecule has 27 heavy (non-hydrogen) atoms. The second-order valence-electron chi connectivity index (χ2n) is 5.68. The molecule has 0 radical (unpaired) electrons. The SMILES string of the molecule is CC(SCC(=O)NCc1cccs1)c1nc(N)nc(Nc2ccccc2)n1. The number of nitrogens with zero attached hydrogens (tertiary/aromatic N) is 3. The van der Waals surface area contributed by atoms with E-state index in [0.717, 1.165) is 10.6 Å². The maximum absolute atomic E-state index is 12.0. The zero-order chi connectivity index (χ0) is 19.1.